The van der Waals surface area contributed by atoms with Gasteiger partial charge >= 0.3 is 0 Å². The van der Waals surface area contributed by atoms with Gasteiger partial charge in [0, 0.05) is 45.8 Å². The Morgan fingerprint density at radius 1 is 1.19 bits per heavy atom. The standard InChI is InChI=1S/C21H32ClN3O/c1-3-13-26-21-7-6-18(14-20(21)22)15-25-8-4-5-19(17-25)16-24-11-9-23(2)10-12-24/h3,6-7,14,19H,1,4-5,8-13,15-17H2,2H3. The molecule has 26 heavy (non-hydrogen) atoms. The van der Waals surface area contributed by atoms with Crippen LogP contribution in [-0.4, -0.2) is 74.2 Å². The SMILES string of the molecule is C=CCOc1ccc(CN2CCCC(CN3CCN(C)CC3)C2)cc1Cl. The van der Waals surface area contributed by atoms with E-state index in [1.807, 2.05) is 12.1 Å². The minimum absolute atomic E-state index is 0.485. The molecule has 3 rings (SSSR count). The second-order valence-electron chi connectivity index (χ2n) is 7.71. The van der Waals surface area contributed by atoms with Gasteiger partial charge in [-0.25, -0.2) is 0 Å². The summed E-state index contributed by atoms with van der Waals surface area (Å²) in [5.41, 5.74) is 1.27. The Morgan fingerprint density at radius 3 is 2.73 bits per heavy atom. The highest BCUT2D eigenvalue weighted by molar-refractivity contribution is 6.32. The van der Waals surface area contributed by atoms with Crippen molar-refractivity contribution in [2.75, 3.05) is 59.5 Å². The van der Waals surface area contributed by atoms with E-state index in [2.05, 4.69) is 34.4 Å². The number of rotatable bonds is 7. The van der Waals surface area contributed by atoms with Gasteiger partial charge in [-0.1, -0.05) is 30.3 Å². The minimum atomic E-state index is 0.485. The first-order chi connectivity index (χ1) is 12.6. The zero-order chi connectivity index (χ0) is 18.4. The Labute approximate surface area is 163 Å². The zero-order valence-electron chi connectivity index (χ0n) is 16.0. The van der Waals surface area contributed by atoms with Crippen LogP contribution >= 0.6 is 11.6 Å². The summed E-state index contributed by atoms with van der Waals surface area (Å²) in [6, 6.07) is 6.16. The molecule has 144 valence electrons. The molecule has 0 N–H and O–H groups in total. The molecule has 5 heteroatoms. The van der Waals surface area contributed by atoms with E-state index >= 15 is 0 Å². The van der Waals surface area contributed by atoms with Crippen LogP contribution < -0.4 is 4.74 Å². The fourth-order valence-electron chi connectivity index (χ4n) is 4.01. The quantitative estimate of drug-likeness (QED) is 0.678. The molecule has 2 aliphatic rings. The Balaban J connectivity index is 1.50. The third-order valence-corrected chi connectivity index (χ3v) is 5.77. The third-order valence-electron chi connectivity index (χ3n) is 5.47. The molecule has 0 spiro atoms. The van der Waals surface area contributed by atoms with E-state index in [4.69, 9.17) is 16.3 Å². The fourth-order valence-corrected chi connectivity index (χ4v) is 4.26. The first-order valence-corrected chi connectivity index (χ1v) is 10.2. The Hall–Kier alpha value is -1.07. The van der Waals surface area contributed by atoms with E-state index in [9.17, 15) is 0 Å². The maximum atomic E-state index is 6.36. The molecule has 0 amide bonds. The maximum absolute atomic E-state index is 6.36. The lowest BCUT2D eigenvalue weighted by Crippen LogP contribution is -2.48. The normalized spacial score (nSPS) is 23.1. The van der Waals surface area contributed by atoms with Gasteiger partial charge in [-0.05, 0) is 50.0 Å². The summed E-state index contributed by atoms with van der Waals surface area (Å²) in [5, 5.41) is 0.690. The summed E-state index contributed by atoms with van der Waals surface area (Å²) in [5.74, 6) is 1.53. The van der Waals surface area contributed by atoms with Crippen LogP contribution in [0.5, 0.6) is 5.75 Å². The minimum Gasteiger partial charge on any atom is -0.488 e. The van der Waals surface area contributed by atoms with Crippen molar-refractivity contribution in [1.82, 2.24) is 14.7 Å². The number of benzene rings is 1. The maximum Gasteiger partial charge on any atom is 0.138 e. The van der Waals surface area contributed by atoms with Gasteiger partial charge in [0.1, 0.15) is 12.4 Å². The number of likely N-dealkylation sites (tertiary alicyclic amines) is 1. The fraction of sp³-hybridized carbons (Fsp3) is 0.619. The number of halogens is 1. The van der Waals surface area contributed by atoms with Crippen molar-refractivity contribution in [3.8, 4) is 5.75 Å². The molecule has 1 atom stereocenters. The lowest BCUT2D eigenvalue weighted by Gasteiger charge is -2.38. The molecule has 2 heterocycles. The molecule has 1 aromatic carbocycles. The van der Waals surface area contributed by atoms with Crippen molar-refractivity contribution in [3.63, 3.8) is 0 Å². The molecule has 0 bridgehead atoms. The van der Waals surface area contributed by atoms with Crippen molar-refractivity contribution >= 4 is 11.6 Å². The molecular weight excluding hydrogens is 346 g/mol. The van der Waals surface area contributed by atoms with Gasteiger partial charge in [0.25, 0.3) is 0 Å². The molecule has 0 aliphatic carbocycles. The van der Waals surface area contributed by atoms with E-state index in [0.717, 1.165) is 18.2 Å². The molecule has 2 fully saturated rings. The van der Waals surface area contributed by atoms with Crippen molar-refractivity contribution < 1.29 is 4.74 Å². The molecule has 0 radical (unpaired) electrons. The Bertz CT molecular complexity index is 587. The van der Waals surface area contributed by atoms with Crippen LogP contribution in [0.15, 0.2) is 30.9 Å². The summed E-state index contributed by atoms with van der Waals surface area (Å²) in [6.07, 6.45) is 4.39. The highest BCUT2D eigenvalue weighted by Gasteiger charge is 2.23. The van der Waals surface area contributed by atoms with E-state index in [-0.39, 0.29) is 0 Å². The van der Waals surface area contributed by atoms with Crippen LogP contribution in [0.3, 0.4) is 0 Å². The largest absolute Gasteiger partial charge is 0.488 e. The molecular formula is C21H32ClN3O. The molecule has 2 saturated heterocycles. The number of piperazine rings is 1. The number of hydrogen-bond donors (Lipinski definition) is 0. The number of hydrogen-bond acceptors (Lipinski definition) is 4. The average molecular weight is 378 g/mol. The van der Waals surface area contributed by atoms with Gasteiger partial charge in [-0.3, -0.25) is 4.90 Å². The lowest BCUT2D eigenvalue weighted by molar-refractivity contribution is 0.0966. The first kappa shape index (κ1) is 19.7. The highest BCUT2D eigenvalue weighted by atomic mass is 35.5. The van der Waals surface area contributed by atoms with Gasteiger partial charge in [-0.15, -0.1) is 0 Å². The second-order valence-corrected chi connectivity index (χ2v) is 8.12. The monoisotopic (exact) mass is 377 g/mol. The lowest BCUT2D eigenvalue weighted by atomic mass is 9.96. The van der Waals surface area contributed by atoms with Gasteiger partial charge < -0.3 is 14.5 Å². The molecule has 0 saturated carbocycles. The van der Waals surface area contributed by atoms with Gasteiger partial charge in [0.2, 0.25) is 0 Å². The van der Waals surface area contributed by atoms with Gasteiger partial charge in [0.05, 0.1) is 5.02 Å². The summed E-state index contributed by atoms with van der Waals surface area (Å²) >= 11 is 6.36. The van der Waals surface area contributed by atoms with Crippen LogP contribution in [0.2, 0.25) is 5.02 Å². The summed E-state index contributed by atoms with van der Waals surface area (Å²) in [4.78, 5) is 7.66. The second kappa shape index (κ2) is 9.75. The van der Waals surface area contributed by atoms with E-state index in [1.54, 1.807) is 6.08 Å². The number of likely N-dealkylation sites (N-methyl/N-ethyl adjacent to an activating group) is 1. The molecule has 0 aromatic heterocycles. The van der Waals surface area contributed by atoms with E-state index < -0.39 is 0 Å². The third kappa shape index (κ3) is 5.71. The van der Waals surface area contributed by atoms with Crippen LogP contribution in [0, 0.1) is 5.92 Å². The molecule has 2 aliphatic heterocycles. The van der Waals surface area contributed by atoms with Crippen LogP contribution in [0.1, 0.15) is 18.4 Å². The van der Waals surface area contributed by atoms with Crippen LogP contribution in [0.4, 0.5) is 0 Å². The number of nitrogens with zero attached hydrogens (tertiary/aromatic N) is 3. The van der Waals surface area contributed by atoms with Crippen molar-refractivity contribution in [2.45, 2.75) is 19.4 Å². The smallest absolute Gasteiger partial charge is 0.138 e. The molecule has 1 aromatic rings. The first-order valence-electron chi connectivity index (χ1n) is 9.79. The summed E-state index contributed by atoms with van der Waals surface area (Å²) in [6.45, 7) is 13.6. The molecule has 4 nitrogen and oxygen atoms in total. The Kier molecular flexibility index (Phi) is 7.38. The average Bonchev–Trinajstić information content (AvgIpc) is 2.63. The summed E-state index contributed by atoms with van der Waals surface area (Å²) in [7, 11) is 2.22. The van der Waals surface area contributed by atoms with Gasteiger partial charge in [-0.2, -0.15) is 0 Å². The predicted molar refractivity (Wildman–Crippen MR) is 109 cm³/mol. The summed E-state index contributed by atoms with van der Waals surface area (Å²) < 4.78 is 5.57. The van der Waals surface area contributed by atoms with E-state index in [0.29, 0.717) is 11.6 Å². The number of ether oxygens (including phenoxy) is 1. The number of piperidine rings is 1. The van der Waals surface area contributed by atoms with Crippen molar-refractivity contribution in [1.29, 1.82) is 0 Å². The zero-order valence-corrected chi connectivity index (χ0v) is 16.8. The van der Waals surface area contributed by atoms with Crippen LogP contribution in [0.25, 0.3) is 0 Å². The van der Waals surface area contributed by atoms with E-state index in [1.165, 1.54) is 64.2 Å². The predicted octanol–water partition coefficient (Wildman–Crippen LogP) is 3.36. The van der Waals surface area contributed by atoms with Crippen molar-refractivity contribution in [3.05, 3.63) is 41.4 Å². The van der Waals surface area contributed by atoms with Crippen LogP contribution in [-0.2, 0) is 6.54 Å². The Morgan fingerprint density at radius 2 is 2.00 bits per heavy atom. The topological polar surface area (TPSA) is 19.0 Å². The van der Waals surface area contributed by atoms with Gasteiger partial charge in [0.15, 0.2) is 0 Å². The van der Waals surface area contributed by atoms with Crippen molar-refractivity contribution in [2.24, 2.45) is 5.92 Å². The molecule has 1 unspecified atom stereocenters. The highest BCUT2D eigenvalue weighted by Crippen LogP contribution is 2.27.